The molecular weight excluding hydrogens is 428 g/mol. The molecule has 0 saturated heterocycles. The molecule has 3 aromatic heterocycles. The van der Waals surface area contributed by atoms with Crippen LogP contribution in [0.1, 0.15) is 21.1 Å². The lowest BCUT2D eigenvalue weighted by molar-refractivity contribution is 0.0959. The molecule has 0 fully saturated rings. The first-order valence-corrected chi connectivity index (χ1v) is 9.98. The number of hydrogen-bond donors (Lipinski definition) is 3. The summed E-state index contributed by atoms with van der Waals surface area (Å²) >= 11 is 4.75. The van der Waals surface area contributed by atoms with E-state index in [0.717, 1.165) is 15.9 Å². The SMILES string of the molecule is Cc1ccnc(Nc2cc(NCCNC(=O)c3cc(Br)cs3)nc(C)n2)c1. The molecule has 140 valence electrons. The van der Waals surface area contributed by atoms with Gasteiger partial charge < -0.3 is 16.0 Å². The van der Waals surface area contributed by atoms with Crippen LogP contribution < -0.4 is 16.0 Å². The summed E-state index contributed by atoms with van der Waals surface area (Å²) in [7, 11) is 0. The smallest absolute Gasteiger partial charge is 0.261 e. The van der Waals surface area contributed by atoms with Crippen molar-refractivity contribution in [2.24, 2.45) is 0 Å². The van der Waals surface area contributed by atoms with E-state index in [9.17, 15) is 4.79 Å². The fourth-order valence-corrected chi connectivity index (χ4v) is 3.69. The van der Waals surface area contributed by atoms with Crippen LogP contribution in [0.5, 0.6) is 0 Å². The zero-order valence-corrected chi connectivity index (χ0v) is 17.3. The molecule has 0 saturated carbocycles. The molecule has 0 unspecified atom stereocenters. The predicted molar refractivity (Wildman–Crippen MR) is 112 cm³/mol. The summed E-state index contributed by atoms with van der Waals surface area (Å²) in [6.07, 6.45) is 1.75. The van der Waals surface area contributed by atoms with Crippen LogP contribution in [0.2, 0.25) is 0 Å². The van der Waals surface area contributed by atoms with E-state index < -0.39 is 0 Å². The first kappa shape index (κ1) is 19.2. The van der Waals surface area contributed by atoms with Crippen LogP contribution in [0.25, 0.3) is 0 Å². The molecule has 7 nitrogen and oxygen atoms in total. The van der Waals surface area contributed by atoms with E-state index in [4.69, 9.17) is 0 Å². The number of amides is 1. The van der Waals surface area contributed by atoms with Crippen molar-refractivity contribution in [3.05, 3.63) is 56.6 Å². The Bertz CT molecular complexity index is 945. The quantitative estimate of drug-likeness (QED) is 0.476. The van der Waals surface area contributed by atoms with Gasteiger partial charge in [0.05, 0.1) is 4.88 Å². The summed E-state index contributed by atoms with van der Waals surface area (Å²) < 4.78 is 0.912. The number of thiophene rings is 1. The van der Waals surface area contributed by atoms with Crippen LogP contribution in [-0.4, -0.2) is 33.9 Å². The van der Waals surface area contributed by atoms with Crippen molar-refractivity contribution >= 4 is 50.6 Å². The minimum atomic E-state index is -0.0840. The summed E-state index contributed by atoms with van der Waals surface area (Å²) in [6.45, 7) is 4.88. The van der Waals surface area contributed by atoms with Gasteiger partial charge in [-0.15, -0.1) is 11.3 Å². The Morgan fingerprint density at radius 3 is 2.67 bits per heavy atom. The molecule has 9 heteroatoms. The normalized spacial score (nSPS) is 10.5. The predicted octanol–water partition coefficient (Wildman–Crippen LogP) is 3.90. The molecule has 0 aliphatic rings. The molecule has 0 radical (unpaired) electrons. The van der Waals surface area contributed by atoms with Crippen LogP contribution in [0.3, 0.4) is 0 Å². The summed E-state index contributed by atoms with van der Waals surface area (Å²) in [5.41, 5.74) is 1.12. The highest BCUT2D eigenvalue weighted by Gasteiger charge is 2.08. The monoisotopic (exact) mass is 446 g/mol. The summed E-state index contributed by atoms with van der Waals surface area (Å²) in [6, 6.07) is 7.50. The van der Waals surface area contributed by atoms with Gasteiger partial charge in [0.1, 0.15) is 23.3 Å². The first-order chi connectivity index (χ1) is 13.0. The van der Waals surface area contributed by atoms with Crippen molar-refractivity contribution < 1.29 is 4.79 Å². The first-order valence-electron chi connectivity index (χ1n) is 8.31. The highest BCUT2D eigenvalue weighted by molar-refractivity contribution is 9.10. The Hall–Kier alpha value is -2.52. The van der Waals surface area contributed by atoms with Gasteiger partial charge >= 0.3 is 0 Å². The van der Waals surface area contributed by atoms with Crippen LogP contribution in [-0.2, 0) is 0 Å². The Kier molecular flexibility index (Phi) is 6.36. The van der Waals surface area contributed by atoms with E-state index in [1.165, 1.54) is 11.3 Å². The summed E-state index contributed by atoms with van der Waals surface area (Å²) in [5, 5.41) is 11.1. The Balaban J connectivity index is 1.54. The number of carbonyl (C=O) groups excluding carboxylic acids is 1. The Morgan fingerprint density at radius 1 is 1.11 bits per heavy atom. The third-order valence-corrected chi connectivity index (χ3v) is 5.21. The van der Waals surface area contributed by atoms with Crippen molar-refractivity contribution in [1.29, 1.82) is 0 Å². The fraction of sp³-hybridized carbons (Fsp3) is 0.222. The van der Waals surface area contributed by atoms with E-state index in [2.05, 4.69) is 46.8 Å². The molecule has 0 aliphatic heterocycles. The number of nitrogens with zero attached hydrogens (tertiary/aromatic N) is 3. The number of anilines is 3. The van der Waals surface area contributed by atoms with Crippen molar-refractivity contribution in [2.75, 3.05) is 23.7 Å². The van der Waals surface area contributed by atoms with E-state index in [1.807, 2.05) is 37.4 Å². The van der Waals surface area contributed by atoms with Gasteiger partial charge in [0, 0.05) is 35.2 Å². The molecule has 0 aromatic carbocycles. The molecule has 3 heterocycles. The van der Waals surface area contributed by atoms with Gasteiger partial charge in [-0.2, -0.15) is 0 Å². The standard InChI is InChI=1S/C18H19BrN6OS/c1-11-3-4-20-15(7-11)25-17-9-16(23-12(2)24-17)21-5-6-22-18(26)14-8-13(19)10-27-14/h3-4,7-10H,5-6H2,1-2H3,(H,22,26)(H2,20,21,23,24,25). The van der Waals surface area contributed by atoms with Gasteiger partial charge in [0.2, 0.25) is 0 Å². The van der Waals surface area contributed by atoms with Gasteiger partial charge in [-0.3, -0.25) is 4.79 Å². The van der Waals surface area contributed by atoms with Crippen molar-refractivity contribution in [1.82, 2.24) is 20.3 Å². The van der Waals surface area contributed by atoms with Crippen LogP contribution in [0.4, 0.5) is 17.5 Å². The molecule has 3 N–H and O–H groups in total. The molecule has 3 aromatic rings. The Morgan fingerprint density at radius 2 is 1.93 bits per heavy atom. The number of pyridine rings is 1. The Labute approximate surface area is 169 Å². The molecule has 0 atom stereocenters. The third kappa shape index (κ3) is 5.73. The van der Waals surface area contributed by atoms with E-state index in [0.29, 0.717) is 35.4 Å². The molecule has 27 heavy (non-hydrogen) atoms. The second-order valence-electron chi connectivity index (χ2n) is 5.84. The molecule has 3 rings (SSSR count). The van der Waals surface area contributed by atoms with Crippen LogP contribution in [0, 0.1) is 13.8 Å². The molecule has 0 spiro atoms. The number of rotatable bonds is 7. The zero-order chi connectivity index (χ0) is 19.2. The average molecular weight is 447 g/mol. The molecular formula is C18H19BrN6OS. The maximum absolute atomic E-state index is 12.0. The zero-order valence-electron chi connectivity index (χ0n) is 14.9. The van der Waals surface area contributed by atoms with Crippen molar-refractivity contribution in [3.63, 3.8) is 0 Å². The third-order valence-electron chi connectivity index (χ3n) is 3.52. The van der Waals surface area contributed by atoms with Gasteiger partial charge in [-0.05, 0) is 53.5 Å². The second kappa shape index (κ2) is 8.92. The van der Waals surface area contributed by atoms with E-state index in [1.54, 1.807) is 12.3 Å². The van der Waals surface area contributed by atoms with Crippen LogP contribution >= 0.6 is 27.3 Å². The second-order valence-corrected chi connectivity index (χ2v) is 7.67. The fourth-order valence-electron chi connectivity index (χ4n) is 2.34. The van der Waals surface area contributed by atoms with Gasteiger partial charge in [-0.1, -0.05) is 0 Å². The highest BCUT2D eigenvalue weighted by atomic mass is 79.9. The summed E-state index contributed by atoms with van der Waals surface area (Å²) in [4.78, 5) is 25.7. The van der Waals surface area contributed by atoms with Crippen molar-refractivity contribution in [2.45, 2.75) is 13.8 Å². The maximum Gasteiger partial charge on any atom is 0.261 e. The number of nitrogens with one attached hydrogen (secondary N) is 3. The topological polar surface area (TPSA) is 91.8 Å². The van der Waals surface area contributed by atoms with E-state index in [-0.39, 0.29) is 5.91 Å². The maximum atomic E-state index is 12.0. The number of aryl methyl sites for hydroxylation is 2. The van der Waals surface area contributed by atoms with E-state index >= 15 is 0 Å². The minimum absolute atomic E-state index is 0.0840. The van der Waals surface area contributed by atoms with Crippen LogP contribution in [0.15, 0.2) is 40.3 Å². The van der Waals surface area contributed by atoms with Gasteiger partial charge in [0.15, 0.2) is 0 Å². The number of hydrogen-bond acceptors (Lipinski definition) is 7. The minimum Gasteiger partial charge on any atom is -0.368 e. The van der Waals surface area contributed by atoms with Crippen molar-refractivity contribution in [3.8, 4) is 0 Å². The summed E-state index contributed by atoms with van der Waals surface area (Å²) in [5.74, 6) is 2.64. The highest BCUT2D eigenvalue weighted by Crippen LogP contribution is 2.19. The molecule has 1 amide bonds. The number of carbonyl (C=O) groups is 1. The number of aromatic nitrogens is 3. The largest absolute Gasteiger partial charge is 0.368 e. The lowest BCUT2D eigenvalue weighted by Gasteiger charge is -2.10. The molecule has 0 bridgehead atoms. The number of halogens is 1. The van der Waals surface area contributed by atoms with Gasteiger partial charge in [0.25, 0.3) is 5.91 Å². The van der Waals surface area contributed by atoms with Gasteiger partial charge in [-0.25, -0.2) is 15.0 Å². The lowest BCUT2D eigenvalue weighted by atomic mass is 10.3. The molecule has 0 aliphatic carbocycles. The lowest BCUT2D eigenvalue weighted by Crippen LogP contribution is -2.28. The average Bonchev–Trinajstić information content (AvgIpc) is 3.05.